The van der Waals surface area contributed by atoms with Gasteiger partial charge in [0.05, 0.1) is 17.5 Å². The molecule has 1 heterocycles. The van der Waals surface area contributed by atoms with Gasteiger partial charge >= 0.3 is 11.9 Å². The van der Waals surface area contributed by atoms with Gasteiger partial charge in [0.2, 0.25) is 0 Å². The van der Waals surface area contributed by atoms with Crippen molar-refractivity contribution in [3.63, 3.8) is 0 Å². The number of amides is 1. The monoisotopic (exact) mass is 409 g/mol. The molecule has 1 amide bonds. The van der Waals surface area contributed by atoms with Gasteiger partial charge in [-0.2, -0.15) is 0 Å². The van der Waals surface area contributed by atoms with Crippen LogP contribution in [-0.4, -0.2) is 43.1 Å². The van der Waals surface area contributed by atoms with E-state index in [0.29, 0.717) is 6.42 Å². The number of rotatable bonds is 10. The van der Waals surface area contributed by atoms with Gasteiger partial charge in [-0.15, -0.1) is 0 Å². The summed E-state index contributed by atoms with van der Waals surface area (Å²) in [7, 11) is 0. The number of benzene rings is 1. The number of carboxylic acids is 2. The number of aromatic nitrogens is 2. The Bertz CT molecular complexity index is 867. The highest BCUT2D eigenvalue weighted by atomic mass is 19.1. The topological polar surface area (TPSA) is 153 Å². The van der Waals surface area contributed by atoms with Gasteiger partial charge in [0.15, 0.2) is 5.82 Å². The van der Waals surface area contributed by atoms with E-state index in [0.717, 1.165) is 37.8 Å². The van der Waals surface area contributed by atoms with Crippen LogP contribution in [0.3, 0.4) is 0 Å². The molecule has 0 aliphatic carbocycles. The number of halogens is 1. The number of carbonyl (C=O) groups is 3. The van der Waals surface area contributed by atoms with Gasteiger partial charge < -0.3 is 25.6 Å². The second-order valence-corrected chi connectivity index (χ2v) is 6.33. The number of nitrogens with zero attached hydrogens (tertiary/aromatic N) is 2. The van der Waals surface area contributed by atoms with E-state index in [1.165, 1.54) is 23.2 Å². The van der Waals surface area contributed by atoms with Crippen molar-refractivity contribution in [3.05, 3.63) is 47.7 Å². The van der Waals surface area contributed by atoms with Crippen molar-refractivity contribution in [1.82, 2.24) is 9.55 Å². The molecule has 29 heavy (non-hydrogen) atoms. The standard InChI is InChI=1S/C19H22FN3O5.H2O/c1-2-3-4-5-9-14(19(27)28)23-10-15(21-11-23)22-17(24)16-12(18(25)26)7-6-8-13(16)20;/h6-8,10-11,14H,2-5,9H2,1H3,(H,22,24)(H,25,26)(H,27,28);1H2. The SMILES string of the molecule is CCCCCCC(C(=O)O)n1cnc(NC(=O)c2c(F)cccc2C(=O)O)c1.O. The van der Waals surface area contributed by atoms with Crippen LogP contribution in [0.25, 0.3) is 0 Å². The van der Waals surface area contributed by atoms with E-state index < -0.39 is 40.8 Å². The normalized spacial score (nSPS) is 11.4. The number of imidazole rings is 1. The number of carbonyl (C=O) groups excluding carboxylic acids is 1. The van der Waals surface area contributed by atoms with Gasteiger partial charge in [-0.1, -0.05) is 38.7 Å². The first-order valence-corrected chi connectivity index (χ1v) is 8.94. The minimum Gasteiger partial charge on any atom is -0.480 e. The lowest BCUT2D eigenvalue weighted by molar-refractivity contribution is -0.141. The molecule has 0 aliphatic rings. The van der Waals surface area contributed by atoms with Crippen LogP contribution < -0.4 is 5.32 Å². The molecule has 0 bridgehead atoms. The second kappa shape index (κ2) is 10.9. The molecule has 1 atom stereocenters. The highest BCUT2D eigenvalue weighted by Crippen LogP contribution is 2.20. The number of aliphatic carboxylic acids is 1. The molecule has 1 unspecified atom stereocenters. The molecule has 2 rings (SSSR count). The summed E-state index contributed by atoms with van der Waals surface area (Å²) in [5.41, 5.74) is -1.09. The molecular formula is C19H24FN3O6. The molecule has 1 aromatic carbocycles. The number of aromatic carboxylic acids is 1. The van der Waals surface area contributed by atoms with Crippen LogP contribution in [0.5, 0.6) is 0 Å². The molecular weight excluding hydrogens is 385 g/mol. The number of unbranched alkanes of at least 4 members (excludes halogenated alkanes) is 3. The fourth-order valence-corrected chi connectivity index (χ4v) is 2.85. The summed E-state index contributed by atoms with van der Waals surface area (Å²) in [6.45, 7) is 2.06. The lowest BCUT2D eigenvalue weighted by Gasteiger charge is -2.13. The summed E-state index contributed by atoms with van der Waals surface area (Å²) < 4.78 is 15.3. The Morgan fingerprint density at radius 3 is 2.55 bits per heavy atom. The van der Waals surface area contributed by atoms with E-state index in [4.69, 9.17) is 5.11 Å². The Morgan fingerprint density at radius 1 is 1.21 bits per heavy atom. The summed E-state index contributed by atoms with van der Waals surface area (Å²) in [6.07, 6.45) is 6.73. The number of hydrogen-bond acceptors (Lipinski definition) is 4. The third-order valence-corrected chi connectivity index (χ3v) is 4.29. The zero-order valence-electron chi connectivity index (χ0n) is 15.9. The van der Waals surface area contributed by atoms with Crippen LogP contribution in [0, 0.1) is 5.82 Å². The fraction of sp³-hybridized carbons (Fsp3) is 0.368. The first-order chi connectivity index (χ1) is 13.3. The summed E-state index contributed by atoms with van der Waals surface area (Å²) in [6, 6.07) is 2.46. The van der Waals surface area contributed by atoms with Crippen LogP contribution >= 0.6 is 0 Å². The molecule has 0 fully saturated rings. The zero-order valence-corrected chi connectivity index (χ0v) is 15.9. The van der Waals surface area contributed by atoms with Crippen LogP contribution in [0.15, 0.2) is 30.7 Å². The van der Waals surface area contributed by atoms with Crippen molar-refractivity contribution >= 4 is 23.7 Å². The van der Waals surface area contributed by atoms with Gasteiger partial charge in [-0.25, -0.2) is 19.0 Å². The van der Waals surface area contributed by atoms with E-state index >= 15 is 0 Å². The highest BCUT2D eigenvalue weighted by molar-refractivity contribution is 6.10. The smallest absolute Gasteiger partial charge is 0.336 e. The van der Waals surface area contributed by atoms with Gasteiger partial charge in [-0.3, -0.25) is 4.79 Å². The van der Waals surface area contributed by atoms with Gasteiger partial charge in [0, 0.05) is 6.20 Å². The Kier molecular flexibility index (Phi) is 8.94. The molecule has 9 nitrogen and oxygen atoms in total. The molecule has 5 N–H and O–H groups in total. The van der Waals surface area contributed by atoms with E-state index in [2.05, 4.69) is 17.2 Å². The molecule has 0 radical (unpaired) electrons. The van der Waals surface area contributed by atoms with Crippen molar-refractivity contribution < 1.29 is 34.5 Å². The van der Waals surface area contributed by atoms with E-state index in [1.54, 1.807) is 0 Å². The van der Waals surface area contributed by atoms with E-state index in [-0.39, 0.29) is 11.3 Å². The average Bonchev–Trinajstić information content (AvgIpc) is 3.08. The third kappa shape index (κ3) is 6.11. The van der Waals surface area contributed by atoms with Crippen molar-refractivity contribution in [1.29, 1.82) is 0 Å². The molecule has 0 saturated heterocycles. The zero-order chi connectivity index (χ0) is 20.7. The average molecular weight is 409 g/mol. The molecule has 0 spiro atoms. The summed E-state index contributed by atoms with van der Waals surface area (Å²) >= 11 is 0. The molecule has 10 heteroatoms. The maximum absolute atomic E-state index is 14.0. The third-order valence-electron chi connectivity index (χ3n) is 4.29. The summed E-state index contributed by atoms with van der Waals surface area (Å²) in [4.78, 5) is 39.0. The maximum Gasteiger partial charge on any atom is 0.336 e. The van der Waals surface area contributed by atoms with Crippen LogP contribution in [0.2, 0.25) is 0 Å². The van der Waals surface area contributed by atoms with Crippen molar-refractivity contribution in [2.75, 3.05) is 5.32 Å². The largest absolute Gasteiger partial charge is 0.480 e. The molecule has 158 valence electrons. The van der Waals surface area contributed by atoms with Gasteiger partial charge in [0.1, 0.15) is 11.9 Å². The lowest BCUT2D eigenvalue weighted by Crippen LogP contribution is -2.19. The fourth-order valence-electron chi connectivity index (χ4n) is 2.85. The number of anilines is 1. The van der Waals surface area contributed by atoms with Crippen molar-refractivity contribution in [2.24, 2.45) is 0 Å². The van der Waals surface area contributed by atoms with Gasteiger partial charge in [0.25, 0.3) is 5.91 Å². The number of carboxylic acid groups (broad SMARTS) is 2. The predicted octanol–water partition coefficient (Wildman–Crippen LogP) is 2.74. The highest BCUT2D eigenvalue weighted by Gasteiger charge is 2.23. The van der Waals surface area contributed by atoms with Gasteiger partial charge in [-0.05, 0) is 18.6 Å². The Labute approximate surface area is 166 Å². The Morgan fingerprint density at radius 2 is 1.93 bits per heavy atom. The van der Waals surface area contributed by atoms with Crippen LogP contribution in [-0.2, 0) is 4.79 Å². The molecule has 2 aromatic rings. The minimum absolute atomic E-state index is 0. The number of hydrogen-bond donors (Lipinski definition) is 3. The minimum atomic E-state index is -1.44. The Hall–Kier alpha value is -3.27. The van der Waals surface area contributed by atoms with Crippen LogP contribution in [0.1, 0.15) is 65.8 Å². The molecule has 0 saturated carbocycles. The van der Waals surface area contributed by atoms with E-state index in [1.807, 2.05) is 0 Å². The summed E-state index contributed by atoms with van der Waals surface area (Å²) in [5.74, 6) is -4.40. The lowest BCUT2D eigenvalue weighted by atomic mass is 10.1. The van der Waals surface area contributed by atoms with Crippen LogP contribution in [0.4, 0.5) is 10.2 Å². The summed E-state index contributed by atoms with van der Waals surface area (Å²) in [5, 5.41) is 20.9. The Balaban J connectivity index is 0.00000420. The number of nitrogens with one attached hydrogen (secondary N) is 1. The first kappa shape index (κ1) is 23.8. The quantitative estimate of drug-likeness (QED) is 0.513. The maximum atomic E-state index is 14.0. The van der Waals surface area contributed by atoms with Crippen molar-refractivity contribution in [3.8, 4) is 0 Å². The van der Waals surface area contributed by atoms with E-state index in [9.17, 15) is 23.9 Å². The second-order valence-electron chi connectivity index (χ2n) is 6.33. The molecule has 1 aromatic heterocycles. The van der Waals surface area contributed by atoms with Crippen molar-refractivity contribution in [2.45, 2.75) is 45.1 Å². The first-order valence-electron chi connectivity index (χ1n) is 8.94. The predicted molar refractivity (Wildman–Crippen MR) is 103 cm³/mol. The molecule has 0 aliphatic heterocycles.